The average molecular weight is 466 g/mol. The summed E-state index contributed by atoms with van der Waals surface area (Å²) in [7, 11) is 1.73. The van der Waals surface area contributed by atoms with Crippen molar-refractivity contribution >= 4 is 17.6 Å². The molecule has 1 fully saturated rings. The molecule has 1 heterocycles. The minimum absolute atomic E-state index is 0.133. The van der Waals surface area contributed by atoms with Crippen molar-refractivity contribution in [1.29, 1.82) is 0 Å². The van der Waals surface area contributed by atoms with Crippen LogP contribution in [0.5, 0.6) is 0 Å². The van der Waals surface area contributed by atoms with Crippen LogP contribution < -0.4 is 10.9 Å². The van der Waals surface area contributed by atoms with Crippen molar-refractivity contribution in [3.8, 4) is 5.69 Å². The second-order valence-electron chi connectivity index (χ2n) is 8.77. The van der Waals surface area contributed by atoms with Crippen LogP contribution >= 0.6 is 0 Å². The maximum absolute atomic E-state index is 13.4. The number of rotatable bonds is 6. The quantitative estimate of drug-likeness (QED) is 0.558. The topological polar surface area (TPSA) is 82.3 Å². The number of carbonyl (C=O) groups is 2. The Morgan fingerprint density at radius 3 is 2.29 bits per heavy atom. The average Bonchev–Trinajstić information content (AvgIpc) is 3.41. The lowest BCUT2D eigenvalue weighted by molar-refractivity contribution is -0.159. The van der Waals surface area contributed by atoms with Gasteiger partial charge in [0.1, 0.15) is 11.5 Å². The van der Waals surface area contributed by atoms with Crippen LogP contribution in [0.4, 0.5) is 10.1 Å². The van der Waals surface area contributed by atoms with Gasteiger partial charge in [-0.2, -0.15) is 0 Å². The third kappa shape index (κ3) is 4.16. The first-order valence-electron chi connectivity index (χ1n) is 11.4. The Morgan fingerprint density at radius 1 is 1.06 bits per heavy atom. The number of hydrogen-bond donors (Lipinski definition) is 1. The summed E-state index contributed by atoms with van der Waals surface area (Å²) in [4.78, 5) is 39.2. The number of nitrogens with zero attached hydrogens (tertiary/aromatic N) is 2. The largest absolute Gasteiger partial charge is 0.452 e. The zero-order chi connectivity index (χ0) is 24.5. The third-order valence-electron chi connectivity index (χ3n) is 6.70. The van der Waals surface area contributed by atoms with Crippen molar-refractivity contribution in [3.05, 3.63) is 82.0 Å². The smallest absolute Gasteiger partial charge is 0.317 e. The van der Waals surface area contributed by atoms with E-state index in [0.717, 1.165) is 12.8 Å². The van der Waals surface area contributed by atoms with Gasteiger partial charge in [-0.15, -0.1) is 0 Å². The zero-order valence-corrected chi connectivity index (χ0v) is 19.5. The maximum atomic E-state index is 13.4. The maximum Gasteiger partial charge on any atom is 0.317 e. The summed E-state index contributed by atoms with van der Waals surface area (Å²) in [5, 5.41) is 2.65. The van der Waals surface area contributed by atoms with E-state index in [0.29, 0.717) is 29.8 Å². The number of hydrogen-bond acceptors (Lipinski definition) is 4. The van der Waals surface area contributed by atoms with Crippen LogP contribution in [0, 0.1) is 12.7 Å². The molecule has 4 rings (SSSR count). The van der Waals surface area contributed by atoms with Crippen molar-refractivity contribution in [3.63, 3.8) is 0 Å². The fourth-order valence-corrected chi connectivity index (χ4v) is 4.62. The Kier molecular flexibility index (Phi) is 6.41. The monoisotopic (exact) mass is 465 g/mol. The first-order chi connectivity index (χ1) is 16.2. The van der Waals surface area contributed by atoms with Crippen molar-refractivity contribution in [2.45, 2.75) is 51.0 Å². The van der Waals surface area contributed by atoms with E-state index in [2.05, 4.69) is 5.32 Å². The molecule has 178 valence electrons. The van der Waals surface area contributed by atoms with Gasteiger partial charge in [0.15, 0.2) is 6.10 Å². The van der Waals surface area contributed by atoms with E-state index in [1.807, 2.05) is 18.2 Å². The molecule has 1 aliphatic rings. The Bertz CT molecular complexity index is 1260. The highest BCUT2D eigenvalue weighted by atomic mass is 19.1. The van der Waals surface area contributed by atoms with E-state index in [-0.39, 0.29) is 17.1 Å². The molecule has 0 spiro atoms. The first-order valence-corrected chi connectivity index (χ1v) is 11.4. The molecule has 7 nitrogen and oxygen atoms in total. The lowest BCUT2D eigenvalue weighted by atomic mass is 9.79. The minimum Gasteiger partial charge on any atom is -0.452 e. The molecule has 1 saturated carbocycles. The molecule has 2 aromatic carbocycles. The number of carbonyl (C=O) groups excluding carboxylic acids is 2. The van der Waals surface area contributed by atoms with E-state index in [9.17, 15) is 18.8 Å². The summed E-state index contributed by atoms with van der Waals surface area (Å²) in [5.41, 5.74) is 0.781. The SMILES string of the molecule is Cc1c(NC(=O)[C@@H](C)OC(=O)C2(c3ccc(F)cc3)CCCC2)c(=O)n(-c2ccccc2)n1C. The highest BCUT2D eigenvalue weighted by Gasteiger charge is 2.45. The van der Waals surface area contributed by atoms with Crippen molar-refractivity contribution in [2.24, 2.45) is 7.05 Å². The molecular formula is C26H28FN3O4. The second-order valence-corrected chi connectivity index (χ2v) is 8.77. The highest BCUT2D eigenvalue weighted by molar-refractivity contribution is 5.96. The molecule has 34 heavy (non-hydrogen) atoms. The highest BCUT2D eigenvalue weighted by Crippen LogP contribution is 2.42. The second kappa shape index (κ2) is 9.29. The van der Waals surface area contributed by atoms with Gasteiger partial charge in [0.25, 0.3) is 11.5 Å². The summed E-state index contributed by atoms with van der Waals surface area (Å²) in [5.74, 6) is -1.48. The summed E-state index contributed by atoms with van der Waals surface area (Å²) in [6.07, 6.45) is 1.72. The number of para-hydroxylation sites is 1. The third-order valence-corrected chi connectivity index (χ3v) is 6.70. The molecular weight excluding hydrogens is 437 g/mol. The summed E-state index contributed by atoms with van der Waals surface area (Å²) >= 11 is 0. The molecule has 1 aromatic heterocycles. The van der Waals surface area contributed by atoms with Crippen molar-refractivity contribution in [2.75, 3.05) is 5.32 Å². The van der Waals surface area contributed by atoms with Gasteiger partial charge in [-0.3, -0.25) is 19.1 Å². The summed E-state index contributed by atoms with van der Waals surface area (Å²) in [6.45, 7) is 3.21. The number of ether oxygens (including phenoxy) is 1. The molecule has 0 unspecified atom stereocenters. The molecule has 1 N–H and O–H groups in total. The van der Waals surface area contributed by atoms with E-state index < -0.39 is 23.4 Å². The molecule has 1 aliphatic carbocycles. The first kappa shape index (κ1) is 23.5. The molecule has 0 saturated heterocycles. The Hall–Kier alpha value is -3.68. The Labute approximate surface area is 197 Å². The number of aromatic nitrogens is 2. The summed E-state index contributed by atoms with van der Waals surface area (Å²) in [6, 6.07) is 15.0. The molecule has 0 bridgehead atoms. The summed E-state index contributed by atoms with van der Waals surface area (Å²) < 4.78 is 22.1. The van der Waals surface area contributed by atoms with Gasteiger partial charge in [0.05, 0.1) is 16.8 Å². The van der Waals surface area contributed by atoms with Crippen LogP contribution in [-0.4, -0.2) is 27.3 Å². The van der Waals surface area contributed by atoms with Crippen LogP contribution in [0.3, 0.4) is 0 Å². The fraction of sp³-hybridized carbons (Fsp3) is 0.346. The molecule has 3 aromatic rings. The van der Waals surface area contributed by atoms with Crippen molar-refractivity contribution < 1.29 is 18.7 Å². The van der Waals surface area contributed by atoms with Crippen molar-refractivity contribution in [1.82, 2.24) is 9.36 Å². The number of benzene rings is 2. The molecule has 1 amide bonds. The number of esters is 1. The van der Waals surface area contributed by atoms with Crippen LogP contribution in [0.2, 0.25) is 0 Å². The van der Waals surface area contributed by atoms with Crippen LogP contribution in [0.1, 0.15) is 43.9 Å². The van der Waals surface area contributed by atoms with Crippen LogP contribution in [0.15, 0.2) is 59.4 Å². The van der Waals surface area contributed by atoms with Gasteiger partial charge >= 0.3 is 5.97 Å². The van der Waals surface area contributed by atoms with Gasteiger partial charge in [-0.25, -0.2) is 9.07 Å². The zero-order valence-electron chi connectivity index (χ0n) is 19.5. The minimum atomic E-state index is -1.12. The van der Waals surface area contributed by atoms with Gasteiger partial charge in [0, 0.05) is 7.05 Å². The van der Waals surface area contributed by atoms with Gasteiger partial charge in [0.2, 0.25) is 0 Å². The van der Waals surface area contributed by atoms with E-state index in [1.165, 1.54) is 23.7 Å². The van der Waals surface area contributed by atoms with E-state index in [1.54, 1.807) is 42.9 Å². The number of anilines is 1. The number of nitrogens with one attached hydrogen (secondary N) is 1. The van der Waals surface area contributed by atoms with Crippen LogP contribution in [0.25, 0.3) is 5.69 Å². The normalized spacial score (nSPS) is 15.6. The predicted molar refractivity (Wildman–Crippen MR) is 126 cm³/mol. The van der Waals surface area contributed by atoms with E-state index in [4.69, 9.17) is 4.74 Å². The Balaban J connectivity index is 1.53. The van der Waals surface area contributed by atoms with E-state index >= 15 is 0 Å². The molecule has 1 atom stereocenters. The number of halogens is 1. The van der Waals surface area contributed by atoms with Gasteiger partial charge in [-0.05, 0) is 56.5 Å². The lowest BCUT2D eigenvalue weighted by Crippen LogP contribution is -2.40. The molecule has 0 radical (unpaired) electrons. The van der Waals surface area contributed by atoms with Gasteiger partial charge < -0.3 is 10.1 Å². The predicted octanol–water partition coefficient (Wildman–Crippen LogP) is 4.01. The molecule has 0 aliphatic heterocycles. The molecule has 8 heteroatoms. The Morgan fingerprint density at radius 2 is 1.68 bits per heavy atom. The van der Waals surface area contributed by atoms with Crippen LogP contribution in [-0.2, 0) is 26.8 Å². The van der Waals surface area contributed by atoms with Gasteiger partial charge in [-0.1, -0.05) is 43.2 Å². The lowest BCUT2D eigenvalue weighted by Gasteiger charge is -2.28. The fourth-order valence-electron chi connectivity index (χ4n) is 4.62. The standard InChI is InChI=1S/C26H28FN3O4/c1-17-22(24(32)30(29(17)3)21-9-5-4-6-10-21)28-23(31)18(2)34-25(33)26(15-7-8-16-26)19-11-13-20(27)14-12-19/h4-6,9-14,18H,7-8,15-16H2,1-3H3,(H,28,31)/t18-/m1/s1. The number of amides is 1.